The average Bonchev–Trinajstić information content (AvgIpc) is 2.31. The zero-order valence-electron chi connectivity index (χ0n) is 9.90. The van der Waals surface area contributed by atoms with Crippen LogP contribution in [0.5, 0.6) is 0 Å². The van der Waals surface area contributed by atoms with Gasteiger partial charge in [0.15, 0.2) is 0 Å². The summed E-state index contributed by atoms with van der Waals surface area (Å²) in [5, 5.41) is 0. The Bertz CT molecular complexity index is 348. The molecule has 0 spiro atoms. The number of pyridine rings is 1. The molecule has 0 fully saturated rings. The van der Waals surface area contributed by atoms with Crippen LogP contribution in [0.3, 0.4) is 0 Å². The number of nitrogens with zero attached hydrogens (tertiary/aromatic N) is 1. The molecular formula is C12H17NO3. The van der Waals surface area contributed by atoms with Crippen molar-refractivity contribution in [3.63, 3.8) is 0 Å². The van der Waals surface area contributed by atoms with Gasteiger partial charge in [0.1, 0.15) is 5.69 Å². The van der Waals surface area contributed by atoms with Crippen LogP contribution < -0.4 is 0 Å². The SMILES string of the molecule is CCOC(=O)c1cc(C(CC)OC)ccn1. The number of rotatable bonds is 5. The number of carbonyl (C=O) groups excluding carboxylic acids is 1. The predicted molar refractivity (Wildman–Crippen MR) is 60.2 cm³/mol. The normalized spacial score (nSPS) is 12.2. The number of methoxy groups -OCH3 is 1. The van der Waals surface area contributed by atoms with Gasteiger partial charge in [0.25, 0.3) is 0 Å². The van der Waals surface area contributed by atoms with Gasteiger partial charge in [-0.3, -0.25) is 0 Å². The third-order valence-corrected chi connectivity index (χ3v) is 2.30. The van der Waals surface area contributed by atoms with E-state index in [4.69, 9.17) is 9.47 Å². The van der Waals surface area contributed by atoms with Crippen LogP contribution in [0, 0.1) is 0 Å². The standard InChI is InChI=1S/C12H17NO3/c1-4-11(15-3)9-6-7-13-10(8-9)12(14)16-5-2/h6-8,11H,4-5H2,1-3H3. The second-order valence-corrected chi connectivity index (χ2v) is 3.33. The summed E-state index contributed by atoms with van der Waals surface area (Å²) in [5.41, 5.74) is 1.28. The number of hydrogen-bond donors (Lipinski definition) is 0. The van der Waals surface area contributed by atoms with E-state index in [-0.39, 0.29) is 6.10 Å². The Morgan fingerprint density at radius 1 is 1.50 bits per heavy atom. The van der Waals surface area contributed by atoms with E-state index in [0.29, 0.717) is 12.3 Å². The number of aromatic nitrogens is 1. The summed E-state index contributed by atoms with van der Waals surface area (Å²) in [5.74, 6) is -0.393. The molecule has 0 aliphatic carbocycles. The van der Waals surface area contributed by atoms with Gasteiger partial charge in [0.2, 0.25) is 0 Å². The van der Waals surface area contributed by atoms with Crippen molar-refractivity contribution < 1.29 is 14.3 Å². The molecule has 0 bridgehead atoms. The first-order valence-electron chi connectivity index (χ1n) is 5.38. The van der Waals surface area contributed by atoms with Crippen LogP contribution in [-0.2, 0) is 9.47 Å². The largest absolute Gasteiger partial charge is 0.461 e. The van der Waals surface area contributed by atoms with Gasteiger partial charge < -0.3 is 9.47 Å². The Hall–Kier alpha value is -1.42. The summed E-state index contributed by atoms with van der Waals surface area (Å²) in [7, 11) is 1.65. The van der Waals surface area contributed by atoms with E-state index in [1.165, 1.54) is 0 Å². The Labute approximate surface area is 95.6 Å². The molecule has 4 nitrogen and oxygen atoms in total. The molecule has 16 heavy (non-hydrogen) atoms. The first kappa shape index (κ1) is 12.6. The average molecular weight is 223 g/mol. The van der Waals surface area contributed by atoms with Crippen LogP contribution in [0.4, 0.5) is 0 Å². The van der Waals surface area contributed by atoms with Crippen molar-refractivity contribution in [1.82, 2.24) is 4.98 Å². The number of hydrogen-bond acceptors (Lipinski definition) is 4. The van der Waals surface area contributed by atoms with Crippen LogP contribution in [0.1, 0.15) is 42.4 Å². The molecule has 0 saturated carbocycles. The van der Waals surface area contributed by atoms with Crippen LogP contribution in [0.2, 0.25) is 0 Å². The van der Waals surface area contributed by atoms with Crippen LogP contribution in [-0.4, -0.2) is 24.7 Å². The van der Waals surface area contributed by atoms with Crippen LogP contribution in [0.25, 0.3) is 0 Å². The Morgan fingerprint density at radius 3 is 2.81 bits per heavy atom. The molecule has 1 heterocycles. The number of ether oxygens (including phenoxy) is 2. The van der Waals surface area contributed by atoms with Gasteiger partial charge in [0.05, 0.1) is 12.7 Å². The van der Waals surface area contributed by atoms with Crippen LogP contribution >= 0.6 is 0 Å². The molecule has 0 N–H and O–H groups in total. The van der Waals surface area contributed by atoms with E-state index in [2.05, 4.69) is 4.98 Å². The monoisotopic (exact) mass is 223 g/mol. The van der Waals surface area contributed by atoms with Gasteiger partial charge in [-0.05, 0) is 31.0 Å². The van der Waals surface area contributed by atoms with E-state index in [9.17, 15) is 4.79 Å². The van der Waals surface area contributed by atoms with Gasteiger partial charge in [-0.15, -0.1) is 0 Å². The zero-order chi connectivity index (χ0) is 12.0. The summed E-state index contributed by atoms with van der Waals surface area (Å²) < 4.78 is 10.2. The van der Waals surface area contributed by atoms with Crippen LogP contribution in [0.15, 0.2) is 18.3 Å². The molecule has 1 rings (SSSR count). The molecule has 0 aliphatic rings. The lowest BCUT2D eigenvalue weighted by molar-refractivity contribution is 0.0518. The maximum Gasteiger partial charge on any atom is 0.356 e. The van der Waals surface area contributed by atoms with Gasteiger partial charge in [-0.25, -0.2) is 9.78 Å². The fraction of sp³-hybridized carbons (Fsp3) is 0.500. The number of carbonyl (C=O) groups is 1. The molecule has 1 aromatic heterocycles. The molecule has 88 valence electrons. The highest BCUT2D eigenvalue weighted by molar-refractivity contribution is 5.87. The van der Waals surface area contributed by atoms with E-state index in [0.717, 1.165) is 12.0 Å². The molecule has 1 atom stereocenters. The third-order valence-electron chi connectivity index (χ3n) is 2.30. The van der Waals surface area contributed by atoms with E-state index in [1.54, 1.807) is 26.3 Å². The minimum absolute atomic E-state index is 0.00354. The van der Waals surface area contributed by atoms with Crippen molar-refractivity contribution in [2.75, 3.05) is 13.7 Å². The van der Waals surface area contributed by atoms with E-state index < -0.39 is 5.97 Å². The van der Waals surface area contributed by atoms with Gasteiger partial charge in [-0.2, -0.15) is 0 Å². The topological polar surface area (TPSA) is 48.4 Å². The summed E-state index contributed by atoms with van der Waals surface area (Å²) in [6.45, 7) is 4.15. The van der Waals surface area contributed by atoms with Gasteiger partial charge in [-0.1, -0.05) is 6.92 Å². The highest BCUT2D eigenvalue weighted by Crippen LogP contribution is 2.20. The summed E-state index contributed by atoms with van der Waals surface area (Å²) in [6, 6.07) is 3.57. The molecule has 0 radical (unpaired) electrons. The molecule has 0 amide bonds. The highest BCUT2D eigenvalue weighted by atomic mass is 16.5. The van der Waals surface area contributed by atoms with Crippen molar-refractivity contribution in [1.29, 1.82) is 0 Å². The fourth-order valence-corrected chi connectivity index (χ4v) is 1.50. The lowest BCUT2D eigenvalue weighted by Crippen LogP contribution is -2.09. The Morgan fingerprint density at radius 2 is 2.25 bits per heavy atom. The third kappa shape index (κ3) is 3.03. The van der Waals surface area contributed by atoms with Crippen molar-refractivity contribution >= 4 is 5.97 Å². The quantitative estimate of drug-likeness (QED) is 0.719. The molecule has 0 aliphatic heterocycles. The predicted octanol–water partition coefficient (Wildman–Crippen LogP) is 2.36. The molecule has 0 aromatic carbocycles. The highest BCUT2D eigenvalue weighted by Gasteiger charge is 2.13. The first-order valence-corrected chi connectivity index (χ1v) is 5.38. The Kier molecular flexibility index (Phi) is 4.92. The van der Waals surface area contributed by atoms with Gasteiger partial charge in [0, 0.05) is 13.3 Å². The molecule has 4 heteroatoms. The second kappa shape index (κ2) is 6.23. The van der Waals surface area contributed by atoms with Crippen molar-refractivity contribution in [3.8, 4) is 0 Å². The maximum absolute atomic E-state index is 11.5. The molecular weight excluding hydrogens is 206 g/mol. The summed E-state index contributed by atoms with van der Waals surface area (Å²) in [4.78, 5) is 15.4. The number of esters is 1. The van der Waals surface area contributed by atoms with E-state index >= 15 is 0 Å². The first-order chi connectivity index (χ1) is 7.72. The van der Waals surface area contributed by atoms with Crippen molar-refractivity contribution in [3.05, 3.63) is 29.6 Å². The molecule has 1 aromatic rings. The fourth-order valence-electron chi connectivity index (χ4n) is 1.50. The van der Waals surface area contributed by atoms with Crippen molar-refractivity contribution in [2.45, 2.75) is 26.4 Å². The molecule has 1 unspecified atom stereocenters. The maximum atomic E-state index is 11.5. The lowest BCUT2D eigenvalue weighted by Gasteiger charge is -2.13. The van der Waals surface area contributed by atoms with Crippen molar-refractivity contribution in [2.24, 2.45) is 0 Å². The van der Waals surface area contributed by atoms with Gasteiger partial charge >= 0.3 is 5.97 Å². The zero-order valence-corrected chi connectivity index (χ0v) is 9.90. The molecule has 0 saturated heterocycles. The second-order valence-electron chi connectivity index (χ2n) is 3.33. The minimum Gasteiger partial charge on any atom is -0.461 e. The summed E-state index contributed by atoms with van der Waals surface area (Å²) in [6.07, 6.45) is 2.45. The lowest BCUT2D eigenvalue weighted by atomic mass is 10.1. The van der Waals surface area contributed by atoms with E-state index in [1.807, 2.05) is 13.0 Å². The summed E-state index contributed by atoms with van der Waals surface area (Å²) >= 11 is 0. The smallest absolute Gasteiger partial charge is 0.356 e. The Balaban J connectivity index is 2.89. The minimum atomic E-state index is -0.393.